The quantitative estimate of drug-likeness (QED) is 0.633. The van der Waals surface area contributed by atoms with Gasteiger partial charge >= 0.3 is 0 Å². The van der Waals surface area contributed by atoms with E-state index in [0.29, 0.717) is 4.88 Å². The van der Waals surface area contributed by atoms with Gasteiger partial charge in [-0.2, -0.15) is 0 Å². The monoisotopic (exact) mass is 382 g/mol. The minimum absolute atomic E-state index is 0.0520. The summed E-state index contributed by atoms with van der Waals surface area (Å²) in [5.74, 6) is -0.308. The molecule has 0 atom stereocenters. The molecule has 3 aromatic rings. The molecule has 2 amide bonds. The first-order chi connectivity index (χ1) is 12.7. The number of nitrogens with one attached hydrogen (secondary N) is 2. The number of rotatable bonds is 6. The summed E-state index contributed by atoms with van der Waals surface area (Å²) in [5.41, 5.74) is 7.20. The molecule has 6 heteroatoms. The van der Waals surface area contributed by atoms with E-state index in [1.165, 1.54) is 23.1 Å². The van der Waals surface area contributed by atoms with Gasteiger partial charge in [-0.15, -0.1) is 23.1 Å². The standard InChI is InChI=1S/C20H18N2O2S2/c23-18(21-22-20(24)17-12-7-13-25-17)14-26-19(15-8-3-1-4-9-15)16-10-5-2-6-11-16/h1-13,19H,14H2,(H,21,23)(H,22,24). The van der Waals surface area contributed by atoms with Crippen LogP contribution in [0.15, 0.2) is 78.2 Å². The Morgan fingerprint density at radius 2 is 1.46 bits per heavy atom. The second-order valence-electron chi connectivity index (χ2n) is 5.49. The molecular formula is C20H18N2O2S2. The SMILES string of the molecule is O=C(CSC(c1ccccc1)c1ccccc1)NNC(=O)c1cccs1. The molecule has 3 rings (SSSR count). The van der Waals surface area contributed by atoms with Crippen LogP contribution in [0.1, 0.15) is 26.0 Å². The zero-order chi connectivity index (χ0) is 18.2. The van der Waals surface area contributed by atoms with Crippen LogP contribution in [-0.2, 0) is 4.79 Å². The largest absolute Gasteiger partial charge is 0.279 e. The molecule has 4 nitrogen and oxygen atoms in total. The van der Waals surface area contributed by atoms with E-state index >= 15 is 0 Å². The Labute approximate surface area is 160 Å². The lowest BCUT2D eigenvalue weighted by Gasteiger charge is -2.17. The molecule has 1 aromatic heterocycles. The Kier molecular flexibility index (Phi) is 6.46. The maximum atomic E-state index is 12.1. The summed E-state index contributed by atoms with van der Waals surface area (Å²) >= 11 is 2.85. The number of thioether (sulfide) groups is 1. The Morgan fingerprint density at radius 1 is 0.846 bits per heavy atom. The van der Waals surface area contributed by atoms with E-state index in [0.717, 1.165) is 11.1 Å². The van der Waals surface area contributed by atoms with Crippen LogP contribution in [-0.4, -0.2) is 17.6 Å². The molecule has 0 unspecified atom stereocenters. The van der Waals surface area contributed by atoms with E-state index in [9.17, 15) is 9.59 Å². The Balaban J connectivity index is 1.59. The van der Waals surface area contributed by atoms with Gasteiger partial charge < -0.3 is 0 Å². The van der Waals surface area contributed by atoms with E-state index < -0.39 is 0 Å². The first kappa shape index (κ1) is 18.2. The van der Waals surface area contributed by atoms with Gasteiger partial charge in [-0.05, 0) is 22.6 Å². The summed E-state index contributed by atoms with van der Waals surface area (Å²) in [6, 6.07) is 23.7. The molecule has 1 heterocycles. The summed E-state index contributed by atoms with van der Waals surface area (Å²) in [4.78, 5) is 24.6. The molecule has 132 valence electrons. The van der Waals surface area contributed by atoms with Crippen LogP contribution in [0, 0.1) is 0 Å². The van der Waals surface area contributed by atoms with Crippen molar-refractivity contribution in [3.05, 3.63) is 94.2 Å². The van der Waals surface area contributed by atoms with Gasteiger partial charge in [-0.25, -0.2) is 0 Å². The summed E-state index contributed by atoms with van der Waals surface area (Å²) in [7, 11) is 0. The van der Waals surface area contributed by atoms with E-state index in [1.54, 1.807) is 12.1 Å². The number of carbonyl (C=O) groups excluding carboxylic acids is 2. The molecule has 0 saturated heterocycles. The number of amides is 2. The average Bonchev–Trinajstić information content (AvgIpc) is 3.23. The first-order valence-corrected chi connectivity index (χ1v) is 10.0. The molecule has 0 aliphatic rings. The van der Waals surface area contributed by atoms with Crippen molar-refractivity contribution in [3.8, 4) is 0 Å². The molecule has 26 heavy (non-hydrogen) atoms. The number of carbonyl (C=O) groups is 2. The molecule has 0 aliphatic carbocycles. The van der Waals surface area contributed by atoms with Gasteiger partial charge in [0.05, 0.1) is 15.9 Å². The van der Waals surface area contributed by atoms with Crippen molar-refractivity contribution in [2.24, 2.45) is 0 Å². The van der Waals surface area contributed by atoms with Crippen molar-refractivity contribution in [3.63, 3.8) is 0 Å². The van der Waals surface area contributed by atoms with Gasteiger partial charge in [0.2, 0.25) is 5.91 Å². The number of hydrogen-bond acceptors (Lipinski definition) is 4. The molecule has 2 N–H and O–H groups in total. The van der Waals surface area contributed by atoms with E-state index in [2.05, 4.69) is 35.1 Å². The summed E-state index contributed by atoms with van der Waals surface area (Å²) < 4.78 is 0. The number of hydrogen-bond donors (Lipinski definition) is 2. The van der Waals surface area contributed by atoms with Crippen LogP contribution in [0.3, 0.4) is 0 Å². The number of hydrazine groups is 1. The second kappa shape index (κ2) is 9.22. The predicted molar refractivity (Wildman–Crippen MR) is 107 cm³/mol. The smallest absolute Gasteiger partial charge is 0.272 e. The van der Waals surface area contributed by atoms with E-state index in [4.69, 9.17) is 0 Å². The molecule has 0 spiro atoms. The van der Waals surface area contributed by atoms with Crippen molar-refractivity contribution in [1.29, 1.82) is 0 Å². The van der Waals surface area contributed by atoms with Crippen LogP contribution in [0.2, 0.25) is 0 Å². The third kappa shape index (κ3) is 4.97. The van der Waals surface area contributed by atoms with Crippen LogP contribution in [0.4, 0.5) is 0 Å². The summed E-state index contributed by atoms with van der Waals surface area (Å²) in [6.07, 6.45) is 0. The normalized spacial score (nSPS) is 10.5. The fourth-order valence-corrected chi connectivity index (χ4v) is 4.14. The highest BCUT2D eigenvalue weighted by atomic mass is 32.2. The zero-order valence-electron chi connectivity index (χ0n) is 13.9. The minimum Gasteiger partial charge on any atom is -0.272 e. The zero-order valence-corrected chi connectivity index (χ0v) is 15.6. The molecule has 0 aliphatic heterocycles. The Hall–Kier alpha value is -2.57. The Bertz CT molecular complexity index is 797. The summed E-state index contributed by atoms with van der Waals surface area (Å²) in [5, 5.41) is 1.87. The van der Waals surface area contributed by atoms with Crippen LogP contribution in [0.5, 0.6) is 0 Å². The minimum atomic E-state index is -0.305. The topological polar surface area (TPSA) is 58.2 Å². The van der Waals surface area contributed by atoms with Gasteiger partial charge in [-0.3, -0.25) is 20.4 Å². The highest BCUT2D eigenvalue weighted by molar-refractivity contribution is 8.00. The molecular weight excluding hydrogens is 364 g/mol. The van der Waals surface area contributed by atoms with Gasteiger partial charge in [0.15, 0.2) is 0 Å². The predicted octanol–water partition coefficient (Wildman–Crippen LogP) is 4.03. The van der Waals surface area contributed by atoms with Crippen molar-refractivity contribution in [2.75, 3.05) is 5.75 Å². The van der Waals surface area contributed by atoms with Crippen molar-refractivity contribution in [2.45, 2.75) is 5.25 Å². The number of thiophene rings is 1. The molecule has 2 aromatic carbocycles. The van der Waals surface area contributed by atoms with Gasteiger partial charge in [0, 0.05) is 0 Å². The lowest BCUT2D eigenvalue weighted by molar-refractivity contribution is -0.119. The first-order valence-electron chi connectivity index (χ1n) is 8.08. The summed E-state index contributed by atoms with van der Waals surface area (Å²) in [6.45, 7) is 0. The lowest BCUT2D eigenvalue weighted by atomic mass is 10.0. The van der Waals surface area contributed by atoms with Crippen LogP contribution < -0.4 is 10.9 Å². The highest BCUT2D eigenvalue weighted by Crippen LogP contribution is 2.35. The van der Waals surface area contributed by atoms with Gasteiger partial charge in [-0.1, -0.05) is 66.7 Å². The maximum Gasteiger partial charge on any atom is 0.279 e. The van der Waals surface area contributed by atoms with Crippen molar-refractivity contribution >= 4 is 34.9 Å². The molecule has 0 fully saturated rings. The Morgan fingerprint density at radius 3 is 2.00 bits per heavy atom. The second-order valence-corrected chi connectivity index (χ2v) is 7.53. The fraction of sp³-hybridized carbons (Fsp3) is 0.100. The van der Waals surface area contributed by atoms with Crippen LogP contribution in [0.25, 0.3) is 0 Å². The van der Waals surface area contributed by atoms with E-state index in [-0.39, 0.29) is 22.8 Å². The average molecular weight is 383 g/mol. The molecule has 0 bridgehead atoms. The third-order valence-electron chi connectivity index (χ3n) is 3.65. The number of benzene rings is 2. The maximum absolute atomic E-state index is 12.1. The van der Waals surface area contributed by atoms with Crippen molar-refractivity contribution < 1.29 is 9.59 Å². The molecule has 0 saturated carbocycles. The fourth-order valence-electron chi connectivity index (χ4n) is 2.43. The molecule has 0 radical (unpaired) electrons. The van der Waals surface area contributed by atoms with Crippen LogP contribution >= 0.6 is 23.1 Å². The highest BCUT2D eigenvalue weighted by Gasteiger charge is 2.16. The lowest BCUT2D eigenvalue weighted by Crippen LogP contribution is -2.42. The third-order valence-corrected chi connectivity index (χ3v) is 5.82. The van der Waals surface area contributed by atoms with Crippen molar-refractivity contribution in [1.82, 2.24) is 10.9 Å². The van der Waals surface area contributed by atoms with Gasteiger partial charge in [0.1, 0.15) is 0 Å². The van der Waals surface area contributed by atoms with Gasteiger partial charge in [0.25, 0.3) is 5.91 Å². The van der Waals surface area contributed by atoms with E-state index in [1.807, 2.05) is 41.8 Å².